The number of aromatic nitrogens is 1. The van der Waals surface area contributed by atoms with Crippen molar-refractivity contribution in [2.45, 2.75) is 25.6 Å². The van der Waals surface area contributed by atoms with Crippen molar-refractivity contribution in [1.82, 2.24) is 9.88 Å². The number of amides is 1. The Bertz CT molecular complexity index is 1250. The summed E-state index contributed by atoms with van der Waals surface area (Å²) in [5.41, 5.74) is 1.71. The Morgan fingerprint density at radius 3 is 2.52 bits per heavy atom. The Morgan fingerprint density at radius 2 is 1.85 bits per heavy atom. The molecule has 33 heavy (non-hydrogen) atoms. The third-order valence-corrected chi connectivity index (χ3v) is 6.83. The monoisotopic (exact) mass is 460 g/mol. The molecule has 0 aliphatic rings. The second-order valence-corrected chi connectivity index (χ2v) is 9.00. The molecule has 0 aliphatic carbocycles. The number of hydrogen-bond acceptors (Lipinski definition) is 5. The predicted molar refractivity (Wildman–Crippen MR) is 133 cm³/mol. The van der Waals surface area contributed by atoms with Crippen LogP contribution in [-0.4, -0.2) is 37.0 Å². The molecule has 1 unspecified atom stereocenters. The highest BCUT2D eigenvalue weighted by molar-refractivity contribution is 7.09. The lowest BCUT2D eigenvalue weighted by atomic mass is 9.89. The molecule has 170 valence electrons. The number of methoxy groups -OCH3 is 1. The van der Waals surface area contributed by atoms with Crippen LogP contribution in [0.4, 0.5) is 0 Å². The van der Waals surface area contributed by atoms with Gasteiger partial charge in [0.1, 0.15) is 23.0 Å². The van der Waals surface area contributed by atoms with Crippen LogP contribution < -0.4 is 4.74 Å². The van der Waals surface area contributed by atoms with Gasteiger partial charge in [-0.2, -0.15) is 0 Å². The van der Waals surface area contributed by atoms with Crippen molar-refractivity contribution in [3.8, 4) is 5.75 Å². The first-order chi connectivity index (χ1) is 16.0. The molecule has 5 nitrogen and oxygen atoms in total. The first-order valence-electron chi connectivity index (χ1n) is 10.9. The van der Waals surface area contributed by atoms with Crippen LogP contribution in [-0.2, 0) is 16.9 Å². The maximum Gasteiger partial charge on any atom is 0.257 e. The van der Waals surface area contributed by atoms with Crippen molar-refractivity contribution in [2.75, 3.05) is 21.2 Å². The molecule has 0 fully saturated rings. The van der Waals surface area contributed by atoms with Gasteiger partial charge in [0.25, 0.3) is 5.91 Å². The molecule has 3 aromatic carbocycles. The first-order valence-corrected chi connectivity index (χ1v) is 11.8. The van der Waals surface area contributed by atoms with E-state index in [-0.39, 0.29) is 5.91 Å². The van der Waals surface area contributed by atoms with Crippen molar-refractivity contribution in [3.63, 3.8) is 0 Å². The second kappa shape index (κ2) is 9.73. The first kappa shape index (κ1) is 23.0. The molecule has 0 radical (unpaired) electrons. The fraction of sp³-hybridized carbons (Fsp3) is 0.259. The number of thiazole rings is 1. The van der Waals surface area contributed by atoms with E-state index < -0.39 is 5.60 Å². The average molecular weight is 461 g/mol. The zero-order valence-electron chi connectivity index (χ0n) is 19.4. The van der Waals surface area contributed by atoms with Gasteiger partial charge in [0.2, 0.25) is 0 Å². The molecule has 4 aromatic rings. The summed E-state index contributed by atoms with van der Waals surface area (Å²) in [6, 6.07) is 20.2. The highest BCUT2D eigenvalue weighted by Gasteiger charge is 2.36. The van der Waals surface area contributed by atoms with Crippen molar-refractivity contribution >= 4 is 28.0 Å². The standard InChI is InChI=1S/C27H28N2O3S/c1-5-27(31-4,26-28-14-15-33-26)22-12-13-24(23(17-22)25(30)29(2)3)32-18-19-10-11-20-8-6-7-9-21(20)16-19/h6-17H,5,18H2,1-4H3. The summed E-state index contributed by atoms with van der Waals surface area (Å²) >= 11 is 1.54. The smallest absolute Gasteiger partial charge is 0.257 e. The molecular weight excluding hydrogens is 432 g/mol. The van der Waals surface area contributed by atoms with Crippen molar-refractivity contribution in [1.29, 1.82) is 0 Å². The highest BCUT2D eigenvalue weighted by Crippen LogP contribution is 2.39. The number of hydrogen-bond donors (Lipinski definition) is 0. The van der Waals surface area contributed by atoms with Gasteiger partial charge in [-0.05, 0) is 46.5 Å². The summed E-state index contributed by atoms with van der Waals surface area (Å²) in [4.78, 5) is 19.2. The molecule has 4 rings (SSSR count). The van der Waals surface area contributed by atoms with E-state index in [1.807, 2.05) is 35.7 Å². The van der Waals surface area contributed by atoms with Crippen LogP contribution in [0.2, 0.25) is 0 Å². The van der Waals surface area contributed by atoms with Crippen LogP contribution in [0.3, 0.4) is 0 Å². The Balaban J connectivity index is 1.69. The summed E-state index contributed by atoms with van der Waals surface area (Å²) in [5.74, 6) is 0.427. The normalized spacial score (nSPS) is 13.0. The molecule has 0 aliphatic heterocycles. The Labute approximate surface area is 198 Å². The van der Waals surface area contributed by atoms with Gasteiger partial charge in [-0.15, -0.1) is 11.3 Å². The molecule has 6 heteroatoms. The number of rotatable bonds is 8. The molecular formula is C27H28N2O3S. The maximum absolute atomic E-state index is 13.1. The summed E-state index contributed by atoms with van der Waals surface area (Å²) in [5, 5.41) is 5.15. The molecule has 0 saturated carbocycles. The quantitative estimate of drug-likeness (QED) is 0.330. The Kier molecular flexibility index (Phi) is 6.77. The van der Waals surface area contributed by atoms with Gasteiger partial charge in [0.15, 0.2) is 0 Å². The minimum Gasteiger partial charge on any atom is -0.488 e. The molecule has 0 N–H and O–H groups in total. The number of nitrogens with zero attached hydrogens (tertiary/aromatic N) is 2. The van der Waals surface area contributed by atoms with Crippen LogP contribution in [0.1, 0.15) is 39.8 Å². The molecule has 0 saturated heterocycles. The van der Waals surface area contributed by atoms with Crippen LogP contribution >= 0.6 is 11.3 Å². The van der Waals surface area contributed by atoms with E-state index in [9.17, 15) is 4.79 Å². The van der Waals surface area contributed by atoms with Gasteiger partial charge in [0, 0.05) is 32.8 Å². The Hall–Kier alpha value is -3.22. The summed E-state index contributed by atoms with van der Waals surface area (Å²) in [6.07, 6.45) is 2.46. The largest absolute Gasteiger partial charge is 0.488 e. The fourth-order valence-corrected chi connectivity index (χ4v) is 4.96. The SMILES string of the molecule is CCC(OC)(c1ccc(OCc2ccc3ccccc3c2)c(C(=O)N(C)C)c1)c1nccs1. The topological polar surface area (TPSA) is 51.7 Å². The molecule has 0 bridgehead atoms. The minimum atomic E-state index is -0.716. The summed E-state index contributed by atoms with van der Waals surface area (Å²) in [7, 11) is 5.17. The third kappa shape index (κ3) is 4.49. The number of ether oxygens (including phenoxy) is 2. The molecule has 1 heterocycles. The number of carbonyl (C=O) groups is 1. The minimum absolute atomic E-state index is 0.120. The van der Waals surface area contributed by atoms with E-state index in [1.54, 1.807) is 43.6 Å². The molecule has 1 amide bonds. The number of carbonyl (C=O) groups excluding carboxylic acids is 1. The van der Waals surface area contributed by atoms with E-state index in [0.29, 0.717) is 24.3 Å². The lowest BCUT2D eigenvalue weighted by Crippen LogP contribution is -2.30. The average Bonchev–Trinajstić information content (AvgIpc) is 3.39. The van der Waals surface area contributed by atoms with Gasteiger partial charge >= 0.3 is 0 Å². The lowest BCUT2D eigenvalue weighted by Gasteiger charge is -2.30. The van der Waals surface area contributed by atoms with Gasteiger partial charge in [-0.1, -0.05) is 49.4 Å². The third-order valence-electron chi connectivity index (χ3n) is 5.91. The van der Waals surface area contributed by atoms with Crippen LogP contribution in [0.15, 0.2) is 72.2 Å². The van der Waals surface area contributed by atoms with E-state index in [0.717, 1.165) is 21.5 Å². The van der Waals surface area contributed by atoms with Crippen molar-refractivity contribution in [2.24, 2.45) is 0 Å². The molecule has 1 atom stereocenters. The lowest BCUT2D eigenvalue weighted by molar-refractivity contribution is 0.0183. The Morgan fingerprint density at radius 1 is 1.06 bits per heavy atom. The van der Waals surface area contributed by atoms with E-state index in [4.69, 9.17) is 9.47 Å². The van der Waals surface area contributed by atoms with Crippen LogP contribution in [0.25, 0.3) is 10.8 Å². The molecule has 1 aromatic heterocycles. The second-order valence-electron chi connectivity index (χ2n) is 8.10. The maximum atomic E-state index is 13.1. The molecule has 0 spiro atoms. The van der Waals surface area contributed by atoms with Gasteiger partial charge in [-0.3, -0.25) is 4.79 Å². The number of fused-ring (bicyclic) bond motifs is 1. The van der Waals surface area contributed by atoms with E-state index in [1.165, 1.54) is 5.39 Å². The van der Waals surface area contributed by atoms with Crippen molar-refractivity contribution in [3.05, 3.63) is 93.9 Å². The predicted octanol–water partition coefficient (Wildman–Crippen LogP) is 5.88. The number of benzene rings is 3. The summed E-state index contributed by atoms with van der Waals surface area (Å²) < 4.78 is 12.2. The highest BCUT2D eigenvalue weighted by atomic mass is 32.1. The van der Waals surface area contributed by atoms with E-state index in [2.05, 4.69) is 42.2 Å². The fourth-order valence-electron chi connectivity index (χ4n) is 4.06. The van der Waals surface area contributed by atoms with Gasteiger partial charge in [-0.25, -0.2) is 4.98 Å². The van der Waals surface area contributed by atoms with E-state index >= 15 is 0 Å². The zero-order chi connectivity index (χ0) is 23.4. The zero-order valence-corrected chi connectivity index (χ0v) is 20.2. The van der Waals surface area contributed by atoms with Crippen LogP contribution in [0, 0.1) is 0 Å². The van der Waals surface area contributed by atoms with Gasteiger partial charge in [0.05, 0.1) is 5.56 Å². The van der Waals surface area contributed by atoms with Crippen LogP contribution in [0.5, 0.6) is 5.75 Å². The van der Waals surface area contributed by atoms with Crippen molar-refractivity contribution < 1.29 is 14.3 Å². The van der Waals surface area contributed by atoms with Gasteiger partial charge < -0.3 is 14.4 Å². The summed E-state index contributed by atoms with van der Waals surface area (Å²) in [6.45, 7) is 2.43.